The van der Waals surface area contributed by atoms with E-state index in [1.807, 2.05) is 0 Å². The Hall–Kier alpha value is -2.08. The van der Waals surface area contributed by atoms with Crippen molar-refractivity contribution >= 4 is 27.6 Å². The lowest BCUT2D eigenvalue weighted by Gasteiger charge is -2.30. The van der Waals surface area contributed by atoms with Gasteiger partial charge < -0.3 is 0 Å². The van der Waals surface area contributed by atoms with Crippen LogP contribution < -0.4 is 0 Å². The van der Waals surface area contributed by atoms with E-state index in [9.17, 15) is 0 Å². The number of rotatable bonds is 0. The van der Waals surface area contributed by atoms with Crippen LogP contribution in [0.15, 0.2) is 54.6 Å². The zero-order chi connectivity index (χ0) is 13.7. The fourth-order valence-electron chi connectivity index (χ4n) is 3.46. The van der Waals surface area contributed by atoms with Gasteiger partial charge in [0.05, 0.1) is 0 Å². The van der Waals surface area contributed by atoms with E-state index in [-0.39, 0.29) is 5.41 Å². The molecule has 0 bridgehead atoms. The summed E-state index contributed by atoms with van der Waals surface area (Å²) in [5, 5.41) is 5.41. The smallest absolute Gasteiger partial charge is 0.00628 e. The second kappa shape index (κ2) is 3.96. The van der Waals surface area contributed by atoms with E-state index >= 15 is 0 Å². The highest BCUT2D eigenvalue weighted by Gasteiger charge is 2.25. The van der Waals surface area contributed by atoms with Crippen LogP contribution in [-0.4, -0.2) is 0 Å². The van der Waals surface area contributed by atoms with E-state index in [0.29, 0.717) is 0 Å². The molecule has 0 amide bonds. The second-order valence-electron chi connectivity index (χ2n) is 6.40. The first kappa shape index (κ1) is 11.7. The van der Waals surface area contributed by atoms with Gasteiger partial charge in [-0.1, -0.05) is 74.5 Å². The summed E-state index contributed by atoms with van der Waals surface area (Å²) in [6.45, 7) is 4.67. The molecule has 3 aromatic carbocycles. The van der Waals surface area contributed by atoms with Gasteiger partial charge in [-0.05, 0) is 44.5 Å². The van der Waals surface area contributed by atoms with E-state index < -0.39 is 0 Å². The summed E-state index contributed by atoms with van der Waals surface area (Å²) in [5.74, 6) is 0. The Kier molecular flexibility index (Phi) is 2.32. The minimum Gasteiger partial charge on any atom is -0.0830 e. The van der Waals surface area contributed by atoms with Crippen molar-refractivity contribution in [3.63, 3.8) is 0 Å². The Morgan fingerprint density at radius 1 is 0.800 bits per heavy atom. The maximum Gasteiger partial charge on any atom is -0.00628 e. The molecule has 0 spiro atoms. The van der Waals surface area contributed by atoms with E-state index in [1.54, 1.807) is 0 Å². The topological polar surface area (TPSA) is 0 Å². The van der Waals surface area contributed by atoms with Gasteiger partial charge in [-0.15, -0.1) is 0 Å². The Balaban J connectivity index is 2.16. The summed E-state index contributed by atoms with van der Waals surface area (Å²) in [6, 6.07) is 17.8. The van der Waals surface area contributed by atoms with Gasteiger partial charge in [0, 0.05) is 0 Å². The predicted molar refractivity (Wildman–Crippen MR) is 88.1 cm³/mol. The summed E-state index contributed by atoms with van der Waals surface area (Å²) < 4.78 is 0. The fourth-order valence-corrected chi connectivity index (χ4v) is 3.46. The minimum atomic E-state index is 0.240. The van der Waals surface area contributed by atoms with Crippen molar-refractivity contribution in [2.24, 2.45) is 0 Å². The van der Waals surface area contributed by atoms with Crippen LogP contribution in [0.25, 0.3) is 27.6 Å². The van der Waals surface area contributed by atoms with Crippen LogP contribution in [0.4, 0.5) is 0 Å². The number of benzene rings is 3. The highest BCUT2D eigenvalue weighted by molar-refractivity contribution is 6.10. The monoisotopic (exact) mass is 258 g/mol. The van der Waals surface area contributed by atoms with Crippen molar-refractivity contribution in [3.8, 4) is 0 Å². The van der Waals surface area contributed by atoms with E-state index in [0.717, 1.165) is 6.42 Å². The van der Waals surface area contributed by atoms with Crippen LogP contribution in [0.5, 0.6) is 0 Å². The van der Waals surface area contributed by atoms with Gasteiger partial charge in [-0.25, -0.2) is 0 Å². The standard InChI is InChI=1S/C20H18/c1-20(2)13-5-8-18-17-10-9-14-6-3-4-7-15(14)16(17)11-12-19(18)20/h3-12H,13H2,1-2H3. The molecule has 0 saturated heterocycles. The van der Waals surface area contributed by atoms with Gasteiger partial charge in [-0.2, -0.15) is 0 Å². The highest BCUT2D eigenvalue weighted by atomic mass is 14.3. The lowest BCUT2D eigenvalue weighted by atomic mass is 9.74. The lowest BCUT2D eigenvalue weighted by Crippen LogP contribution is -2.19. The average molecular weight is 258 g/mol. The summed E-state index contributed by atoms with van der Waals surface area (Å²) >= 11 is 0. The van der Waals surface area contributed by atoms with Crippen LogP contribution in [-0.2, 0) is 5.41 Å². The molecule has 0 heteroatoms. The van der Waals surface area contributed by atoms with Gasteiger partial charge in [-0.3, -0.25) is 0 Å². The third-order valence-electron chi connectivity index (χ3n) is 4.61. The van der Waals surface area contributed by atoms with Crippen LogP contribution in [0.2, 0.25) is 0 Å². The average Bonchev–Trinajstić information content (AvgIpc) is 2.46. The highest BCUT2D eigenvalue weighted by Crippen LogP contribution is 2.39. The molecule has 20 heavy (non-hydrogen) atoms. The molecule has 0 radical (unpaired) electrons. The summed E-state index contributed by atoms with van der Waals surface area (Å²) in [6.07, 6.45) is 5.74. The Labute approximate surface area is 119 Å². The third kappa shape index (κ3) is 1.54. The molecule has 1 aliphatic carbocycles. The van der Waals surface area contributed by atoms with Crippen LogP contribution >= 0.6 is 0 Å². The van der Waals surface area contributed by atoms with Gasteiger partial charge in [0.1, 0.15) is 0 Å². The molecule has 0 heterocycles. The maximum absolute atomic E-state index is 2.34. The van der Waals surface area contributed by atoms with Crippen molar-refractivity contribution < 1.29 is 0 Å². The van der Waals surface area contributed by atoms with E-state index in [4.69, 9.17) is 0 Å². The molecular formula is C20H18. The molecule has 0 fully saturated rings. The Bertz CT molecular complexity index is 850. The maximum atomic E-state index is 2.34. The number of fused-ring (bicyclic) bond motifs is 5. The normalized spacial score (nSPS) is 16.5. The summed E-state index contributed by atoms with van der Waals surface area (Å²) in [4.78, 5) is 0. The van der Waals surface area contributed by atoms with Gasteiger partial charge in [0.2, 0.25) is 0 Å². The van der Waals surface area contributed by atoms with E-state index in [1.165, 1.54) is 32.7 Å². The molecule has 4 rings (SSSR count). The second-order valence-corrected chi connectivity index (χ2v) is 6.40. The molecule has 0 N–H and O–H groups in total. The van der Waals surface area contributed by atoms with Crippen LogP contribution in [0, 0.1) is 0 Å². The first-order valence-corrected chi connectivity index (χ1v) is 7.28. The molecule has 98 valence electrons. The summed E-state index contributed by atoms with van der Waals surface area (Å²) in [5.41, 5.74) is 3.12. The molecule has 3 aromatic rings. The quantitative estimate of drug-likeness (QED) is 0.454. The Morgan fingerprint density at radius 2 is 1.60 bits per heavy atom. The predicted octanol–water partition coefficient (Wildman–Crippen LogP) is 5.69. The number of hydrogen-bond acceptors (Lipinski definition) is 0. The van der Waals surface area contributed by atoms with Crippen LogP contribution in [0.3, 0.4) is 0 Å². The van der Waals surface area contributed by atoms with Crippen molar-refractivity contribution in [1.29, 1.82) is 0 Å². The number of allylic oxidation sites excluding steroid dienone is 1. The molecule has 0 saturated carbocycles. The first-order chi connectivity index (χ1) is 9.67. The first-order valence-electron chi connectivity index (χ1n) is 7.28. The molecule has 0 atom stereocenters. The van der Waals surface area contributed by atoms with Crippen LogP contribution in [0.1, 0.15) is 31.4 Å². The third-order valence-corrected chi connectivity index (χ3v) is 4.61. The zero-order valence-corrected chi connectivity index (χ0v) is 12.0. The van der Waals surface area contributed by atoms with Crippen molar-refractivity contribution in [3.05, 3.63) is 65.7 Å². The van der Waals surface area contributed by atoms with E-state index in [2.05, 4.69) is 74.5 Å². The minimum absolute atomic E-state index is 0.240. The molecule has 0 aromatic heterocycles. The zero-order valence-electron chi connectivity index (χ0n) is 12.0. The summed E-state index contributed by atoms with van der Waals surface area (Å²) in [7, 11) is 0. The molecule has 0 nitrogen and oxygen atoms in total. The van der Waals surface area contributed by atoms with Crippen molar-refractivity contribution in [2.75, 3.05) is 0 Å². The largest absolute Gasteiger partial charge is 0.0830 e. The Morgan fingerprint density at radius 3 is 2.50 bits per heavy atom. The molecule has 1 aliphatic rings. The van der Waals surface area contributed by atoms with Crippen molar-refractivity contribution in [2.45, 2.75) is 25.7 Å². The number of hydrogen-bond donors (Lipinski definition) is 0. The fraction of sp³-hybridized carbons (Fsp3) is 0.200. The van der Waals surface area contributed by atoms with Gasteiger partial charge in [0.25, 0.3) is 0 Å². The van der Waals surface area contributed by atoms with Gasteiger partial charge >= 0.3 is 0 Å². The SMILES string of the molecule is CC1(C)CC=Cc2c1ccc1c2ccc2ccccc21. The molecule has 0 aliphatic heterocycles. The lowest BCUT2D eigenvalue weighted by molar-refractivity contribution is 0.530. The molecule has 0 unspecified atom stereocenters. The van der Waals surface area contributed by atoms with Gasteiger partial charge in [0.15, 0.2) is 0 Å². The molecular weight excluding hydrogens is 240 g/mol. The van der Waals surface area contributed by atoms with Crippen molar-refractivity contribution in [1.82, 2.24) is 0 Å².